The molecule has 2 heteroatoms. The number of thioether (sulfide) groups is 1. The Hall–Kier alpha value is -0.470. The van der Waals surface area contributed by atoms with Crippen molar-refractivity contribution < 1.29 is 4.74 Å². The molecule has 2 unspecified atom stereocenters. The maximum absolute atomic E-state index is 5.88. The van der Waals surface area contributed by atoms with Crippen molar-refractivity contribution in [3.05, 3.63) is 29.8 Å². The molecule has 0 amide bonds. The minimum atomic E-state index is 0.602. The maximum atomic E-state index is 5.88. The molecule has 1 aliphatic rings. The van der Waals surface area contributed by atoms with Gasteiger partial charge in [-0.25, -0.2) is 0 Å². The van der Waals surface area contributed by atoms with Crippen LogP contribution in [0.4, 0.5) is 0 Å². The zero-order chi connectivity index (χ0) is 12.1. The summed E-state index contributed by atoms with van der Waals surface area (Å²) in [5, 5.41) is 0. The summed E-state index contributed by atoms with van der Waals surface area (Å²) in [6.07, 6.45) is 2.53. The first-order valence-corrected chi connectivity index (χ1v) is 7.59. The van der Waals surface area contributed by atoms with Crippen LogP contribution in [0.25, 0.3) is 0 Å². The van der Waals surface area contributed by atoms with E-state index in [1.165, 1.54) is 29.1 Å². The lowest BCUT2D eigenvalue weighted by molar-refractivity contribution is 0.0938. The summed E-state index contributed by atoms with van der Waals surface area (Å²) in [7, 11) is 0. The van der Waals surface area contributed by atoms with Crippen LogP contribution in [0.3, 0.4) is 0 Å². The minimum Gasteiger partial charge on any atom is -0.381 e. The van der Waals surface area contributed by atoms with E-state index in [1.807, 2.05) is 11.8 Å². The van der Waals surface area contributed by atoms with Gasteiger partial charge in [0.25, 0.3) is 0 Å². The van der Waals surface area contributed by atoms with Gasteiger partial charge in [-0.15, -0.1) is 11.8 Å². The number of fused-ring (bicyclic) bond motifs is 1. The summed E-state index contributed by atoms with van der Waals surface area (Å²) in [4.78, 5) is 1.45. The zero-order valence-electron chi connectivity index (χ0n) is 10.8. The van der Waals surface area contributed by atoms with Crippen LogP contribution in [-0.4, -0.2) is 19.0 Å². The summed E-state index contributed by atoms with van der Waals surface area (Å²) >= 11 is 1.97. The topological polar surface area (TPSA) is 9.23 Å². The quantitative estimate of drug-likeness (QED) is 0.743. The standard InChI is InChI=1S/C15H22OS/c1-3-6-12(2)9-16-10-13-11-17-15-8-5-4-7-14(13)15/h4-5,7-8,12-13H,3,6,9-11H2,1-2H3. The van der Waals surface area contributed by atoms with Crippen LogP contribution >= 0.6 is 11.8 Å². The molecule has 1 aromatic carbocycles. The summed E-state index contributed by atoms with van der Waals surface area (Å²) in [5.74, 6) is 2.48. The van der Waals surface area contributed by atoms with Crippen molar-refractivity contribution in [3.8, 4) is 0 Å². The van der Waals surface area contributed by atoms with Crippen LogP contribution in [0.2, 0.25) is 0 Å². The van der Waals surface area contributed by atoms with E-state index >= 15 is 0 Å². The van der Waals surface area contributed by atoms with Gasteiger partial charge in [-0.2, -0.15) is 0 Å². The fraction of sp³-hybridized carbons (Fsp3) is 0.600. The second-order valence-electron chi connectivity index (χ2n) is 4.98. The molecule has 0 N–H and O–H groups in total. The average Bonchev–Trinajstić information content (AvgIpc) is 2.73. The number of rotatable bonds is 6. The Bertz CT molecular complexity index is 351. The van der Waals surface area contributed by atoms with Crippen molar-refractivity contribution in [2.24, 2.45) is 5.92 Å². The van der Waals surface area contributed by atoms with Crippen LogP contribution < -0.4 is 0 Å². The molecule has 0 aromatic heterocycles. The molecule has 17 heavy (non-hydrogen) atoms. The fourth-order valence-electron chi connectivity index (χ4n) is 2.35. The van der Waals surface area contributed by atoms with E-state index in [2.05, 4.69) is 38.1 Å². The first-order chi connectivity index (χ1) is 8.31. The minimum absolute atomic E-state index is 0.602. The largest absolute Gasteiger partial charge is 0.381 e. The first-order valence-electron chi connectivity index (χ1n) is 6.60. The van der Waals surface area contributed by atoms with Gasteiger partial charge in [-0.3, -0.25) is 0 Å². The van der Waals surface area contributed by atoms with Gasteiger partial charge < -0.3 is 4.74 Å². The molecule has 0 radical (unpaired) electrons. The van der Waals surface area contributed by atoms with Crippen molar-refractivity contribution in [2.75, 3.05) is 19.0 Å². The number of hydrogen-bond donors (Lipinski definition) is 0. The second kappa shape index (κ2) is 6.46. The van der Waals surface area contributed by atoms with Crippen molar-refractivity contribution in [1.82, 2.24) is 0 Å². The Morgan fingerprint density at radius 1 is 1.41 bits per heavy atom. The van der Waals surface area contributed by atoms with E-state index in [0.29, 0.717) is 11.8 Å². The SMILES string of the molecule is CCCC(C)COCC1CSc2ccccc21. The smallest absolute Gasteiger partial charge is 0.0543 e. The van der Waals surface area contributed by atoms with E-state index in [0.717, 1.165) is 13.2 Å². The van der Waals surface area contributed by atoms with Crippen LogP contribution in [-0.2, 0) is 4.74 Å². The third-order valence-corrected chi connectivity index (χ3v) is 4.55. The molecule has 0 spiro atoms. The average molecular weight is 250 g/mol. The molecule has 0 bridgehead atoms. The summed E-state index contributed by atoms with van der Waals surface area (Å²) < 4.78 is 5.88. The molecule has 1 heterocycles. The van der Waals surface area contributed by atoms with Crippen molar-refractivity contribution >= 4 is 11.8 Å². The molecule has 94 valence electrons. The van der Waals surface area contributed by atoms with Crippen LogP contribution in [0, 0.1) is 5.92 Å². The number of hydrogen-bond acceptors (Lipinski definition) is 2. The van der Waals surface area contributed by atoms with E-state index < -0.39 is 0 Å². The Morgan fingerprint density at radius 3 is 3.06 bits per heavy atom. The third-order valence-electron chi connectivity index (χ3n) is 3.30. The first kappa shape index (κ1) is 13.0. The van der Waals surface area contributed by atoms with Gasteiger partial charge in [0, 0.05) is 23.2 Å². The summed E-state index contributed by atoms with van der Waals surface area (Å²) in [6, 6.07) is 8.73. The zero-order valence-corrected chi connectivity index (χ0v) is 11.6. The monoisotopic (exact) mass is 250 g/mol. The number of ether oxygens (including phenoxy) is 1. The van der Waals surface area contributed by atoms with Gasteiger partial charge in [0.1, 0.15) is 0 Å². The fourth-order valence-corrected chi connectivity index (χ4v) is 3.59. The molecular weight excluding hydrogens is 228 g/mol. The number of benzene rings is 1. The molecule has 1 aromatic rings. The van der Waals surface area contributed by atoms with E-state index in [1.54, 1.807) is 0 Å². The third kappa shape index (κ3) is 3.49. The van der Waals surface area contributed by atoms with E-state index in [9.17, 15) is 0 Å². The van der Waals surface area contributed by atoms with Gasteiger partial charge in [0.2, 0.25) is 0 Å². The van der Waals surface area contributed by atoms with Gasteiger partial charge in [0.15, 0.2) is 0 Å². The highest BCUT2D eigenvalue weighted by Gasteiger charge is 2.22. The van der Waals surface area contributed by atoms with Gasteiger partial charge in [-0.1, -0.05) is 38.5 Å². The van der Waals surface area contributed by atoms with Crippen molar-refractivity contribution in [1.29, 1.82) is 0 Å². The normalized spacial score (nSPS) is 20.2. The summed E-state index contributed by atoms with van der Waals surface area (Å²) in [5.41, 5.74) is 1.49. The Kier molecular flexibility index (Phi) is 4.93. The molecule has 0 fully saturated rings. The van der Waals surface area contributed by atoms with Gasteiger partial charge in [-0.05, 0) is 24.0 Å². The molecule has 2 atom stereocenters. The lowest BCUT2D eigenvalue weighted by Gasteiger charge is -2.14. The Morgan fingerprint density at radius 2 is 2.24 bits per heavy atom. The predicted octanol–water partition coefficient (Wildman–Crippen LogP) is 4.33. The molecule has 2 rings (SSSR count). The molecule has 1 aliphatic heterocycles. The van der Waals surface area contributed by atoms with Gasteiger partial charge in [0.05, 0.1) is 6.61 Å². The van der Waals surface area contributed by atoms with Crippen molar-refractivity contribution in [2.45, 2.75) is 37.5 Å². The molecule has 0 aliphatic carbocycles. The highest BCUT2D eigenvalue weighted by Crippen LogP contribution is 2.39. The van der Waals surface area contributed by atoms with Crippen LogP contribution in [0.5, 0.6) is 0 Å². The highest BCUT2D eigenvalue weighted by molar-refractivity contribution is 7.99. The Labute approximate surface area is 109 Å². The van der Waals surface area contributed by atoms with Crippen LogP contribution in [0.1, 0.15) is 38.2 Å². The lowest BCUT2D eigenvalue weighted by Crippen LogP contribution is -2.12. The Balaban J connectivity index is 1.78. The molecule has 0 saturated heterocycles. The van der Waals surface area contributed by atoms with E-state index in [-0.39, 0.29) is 0 Å². The van der Waals surface area contributed by atoms with E-state index in [4.69, 9.17) is 4.74 Å². The lowest BCUT2D eigenvalue weighted by atomic mass is 10.0. The molecule has 1 nitrogen and oxygen atoms in total. The highest BCUT2D eigenvalue weighted by atomic mass is 32.2. The molecular formula is C15H22OS. The summed E-state index contributed by atoms with van der Waals surface area (Å²) in [6.45, 7) is 6.32. The van der Waals surface area contributed by atoms with Gasteiger partial charge >= 0.3 is 0 Å². The second-order valence-corrected chi connectivity index (χ2v) is 6.04. The maximum Gasteiger partial charge on any atom is 0.0543 e. The van der Waals surface area contributed by atoms with Crippen LogP contribution in [0.15, 0.2) is 29.2 Å². The van der Waals surface area contributed by atoms with Crippen molar-refractivity contribution in [3.63, 3.8) is 0 Å². The predicted molar refractivity (Wildman–Crippen MR) is 74.8 cm³/mol. The molecule has 0 saturated carbocycles.